The summed E-state index contributed by atoms with van der Waals surface area (Å²) in [5.41, 5.74) is 1.50. The largest absolute Gasteiger partial charge is 0.379 e. The number of carbonyl (C=O) groups is 2. The summed E-state index contributed by atoms with van der Waals surface area (Å²) >= 11 is 0. The van der Waals surface area contributed by atoms with Crippen molar-refractivity contribution in [1.82, 2.24) is 15.5 Å². The topological polar surface area (TPSA) is 70.7 Å². The molecule has 0 saturated carbocycles. The van der Waals surface area contributed by atoms with Crippen molar-refractivity contribution in [3.63, 3.8) is 0 Å². The van der Waals surface area contributed by atoms with Gasteiger partial charge in [0.25, 0.3) is 5.91 Å². The first kappa shape index (κ1) is 21.0. The Hall–Kier alpha value is -2.70. The molecule has 2 amide bonds. The Morgan fingerprint density at radius 3 is 2.31 bits per heavy atom. The molecule has 0 radical (unpaired) electrons. The number of nitrogens with zero attached hydrogens (tertiary/aromatic N) is 1. The number of hydrogen-bond donors (Lipinski definition) is 2. The van der Waals surface area contributed by atoms with Gasteiger partial charge in [-0.05, 0) is 30.7 Å². The predicted octanol–water partition coefficient (Wildman–Crippen LogP) is 2.39. The minimum atomic E-state index is -0.372. The van der Waals surface area contributed by atoms with Crippen molar-refractivity contribution in [3.8, 4) is 0 Å². The van der Waals surface area contributed by atoms with Crippen LogP contribution in [0.4, 0.5) is 0 Å². The molecule has 0 aromatic heterocycles. The molecule has 0 spiro atoms. The van der Waals surface area contributed by atoms with Crippen LogP contribution in [-0.4, -0.2) is 56.1 Å². The van der Waals surface area contributed by atoms with Crippen molar-refractivity contribution in [2.24, 2.45) is 0 Å². The van der Waals surface area contributed by atoms with Crippen LogP contribution >= 0.6 is 0 Å². The zero-order chi connectivity index (χ0) is 20.3. The molecule has 1 aliphatic rings. The molecule has 1 unspecified atom stereocenters. The average Bonchev–Trinajstić information content (AvgIpc) is 2.78. The summed E-state index contributed by atoms with van der Waals surface area (Å²) < 4.78 is 5.35. The van der Waals surface area contributed by atoms with E-state index in [1.54, 1.807) is 12.1 Å². The predicted molar refractivity (Wildman–Crippen MR) is 113 cm³/mol. The second-order valence-electron chi connectivity index (χ2n) is 7.16. The van der Waals surface area contributed by atoms with Gasteiger partial charge in [-0.15, -0.1) is 0 Å². The monoisotopic (exact) mass is 395 g/mol. The third-order valence-electron chi connectivity index (χ3n) is 5.01. The van der Waals surface area contributed by atoms with Crippen LogP contribution in [-0.2, 0) is 9.53 Å². The molecule has 0 bridgehead atoms. The first-order valence-corrected chi connectivity index (χ1v) is 10.2. The van der Waals surface area contributed by atoms with Gasteiger partial charge in [0.15, 0.2) is 0 Å². The zero-order valence-corrected chi connectivity index (χ0v) is 16.7. The molecule has 154 valence electrons. The molecule has 2 aromatic carbocycles. The Balaban J connectivity index is 1.51. The summed E-state index contributed by atoms with van der Waals surface area (Å²) in [6.45, 7) is 5.06. The lowest BCUT2D eigenvalue weighted by Crippen LogP contribution is -2.38. The summed E-state index contributed by atoms with van der Waals surface area (Å²) in [5.74, 6) is -0.242. The van der Waals surface area contributed by atoms with Gasteiger partial charge in [0.1, 0.15) is 0 Å². The van der Waals surface area contributed by atoms with Crippen LogP contribution in [0.3, 0.4) is 0 Å². The Labute approximate surface area is 172 Å². The maximum absolute atomic E-state index is 12.6. The Bertz CT molecular complexity index is 761. The molecular formula is C23H29N3O3. The Morgan fingerprint density at radius 2 is 1.62 bits per heavy atom. The number of hydrogen-bond acceptors (Lipinski definition) is 4. The maximum atomic E-state index is 12.6. The first-order valence-electron chi connectivity index (χ1n) is 10.2. The molecular weight excluding hydrogens is 366 g/mol. The van der Waals surface area contributed by atoms with Gasteiger partial charge in [0, 0.05) is 25.2 Å². The van der Waals surface area contributed by atoms with Gasteiger partial charge in [0.05, 0.1) is 25.7 Å². The van der Waals surface area contributed by atoms with E-state index in [0.29, 0.717) is 12.1 Å². The maximum Gasteiger partial charge on any atom is 0.251 e. The second kappa shape index (κ2) is 11.3. The highest BCUT2D eigenvalue weighted by molar-refractivity contribution is 5.94. The number of amides is 2. The highest BCUT2D eigenvalue weighted by atomic mass is 16.5. The molecule has 2 N–H and O–H groups in total. The van der Waals surface area contributed by atoms with Gasteiger partial charge in [-0.25, -0.2) is 0 Å². The lowest BCUT2D eigenvalue weighted by Gasteiger charge is -2.26. The standard InChI is InChI=1S/C23H29N3O3/c27-22(24-12-7-13-26-14-16-29-17-15-26)18-21(19-8-3-1-4-9-19)25-23(28)20-10-5-2-6-11-20/h1-6,8-11,21H,7,12-18H2,(H,24,27)(H,25,28). The van der Waals surface area contributed by atoms with Crippen LogP contribution in [0.1, 0.15) is 34.8 Å². The highest BCUT2D eigenvalue weighted by Gasteiger charge is 2.19. The van der Waals surface area contributed by atoms with Crippen molar-refractivity contribution >= 4 is 11.8 Å². The van der Waals surface area contributed by atoms with Gasteiger partial charge >= 0.3 is 0 Å². The van der Waals surface area contributed by atoms with E-state index in [4.69, 9.17) is 4.74 Å². The third-order valence-corrected chi connectivity index (χ3v) is 5.01. The Morgan fingerprint density at radius 1 is 0.966 bits per heavy atom. The van der Waals surface area contributed by atoms with Crippen molar-refractivity contribution in [3.05, 3.63) is 71.8 Å². The van der Waals surface area contributed by atoms with E-state index in [0.717, 1.165) is 44.8 Å². The van der Waals surface area contributed by atoms with Gasteiger partial charge in [-0.1, -0.05) is 48.5 Å². The fourth-order valence-corrected chi connectivity index (χ4v) is 3.38. The van der Waals surface area contributed by atoms with E-state index in [2.05, 4.69) is 15.5 Å². The summed E-state index contributed by atoms with van der Waals surface area (Å²) in [6.07, 6.45) is 1.11. The van der Waals surface area contributed by atoms with Gasteiger partial charge in [0.2, 0.25) is 5.91 Å². The fourth-order valence-electron chi connectivity index (χ4n) is 3.38. The van der Waals surface area contributed by atoms with Crippen molar-refractivity contribution in [1.29, 1.82) is 0 Å². The number of rotatable bonds is 9. The Kier molecular flexibility index (Phi) is 8.22. The minimum Gasteiger partial charge on any atom is -0.379 e. The van der Waals surface area contributed by atoms with Gasteiger partial charge in [-0.3, -0.25) is 14.5 Å². The van der Waals surface area contributed by atoms with Crippen LogP contribution in [0.5, 0.6) is 0 Å². The van der Waals surface area contributed by atoms with Crippen LogP contribution in [0.15, 0.2) is 60.7 Å². The number of nitrogens with one attached hydrogen (secondary N) is 2. The van der Waals surface area contributed by atoms with E-state index in [1.165, 1.54) is 0 Å². The molecule has 1 atom stereocenters. The van der Waals surface area contributed by atoms with Crippen LogP contribution < -0.4 is 10.6 Å². The van der Waals surface area contributed by atoms with Crippen molar-refractivity contribution < 1.29 is 14.3 Å². The highest BCUT2D eigenvalue weighted by Crippen LogP contribution is 2.17. The fraction of sp³-hybridized carbons (Fsp3) is 0.391. The third kappa shape index (κ3) is 7.00. The molecule has 1 saturated heterocycles. The molecule has 29 heavy (non-hydrogen) atoms. The number of benzene rings is 2. The number of ether oxygens (including phenoxy) is 1. The van der Waals surface area contributed by atoms with E-state index >= 15 is 0 Å². The van der Waals surface area contributed by atoms with Crippen molar-refractivity contribution in [2.75, 3.05) is 39.4 Å². The summed E-state index contributed by atoms with van der Waals surface area (Å²) in [7, 11) is 0. The van der Waals surface area contributed by atoms with E-state index < -0.39 is 0 Å². The molecule has 1 fully saturated rings. The summed E-state index contributed by atoms with van der Waals surface area (Å²) in [4.78, 5) is 27.4. The SMILES string of the molecule is O=C(CC(NC(=O)c1ccccc1)c1ccccc1)NCCCN1CCOCC1. The quantitative estimate of drug-likeness (QED) is 0.640. The summed E-state index contributed by atoms with van der Waals surface area (Å²) in [6, 6.07) is 18.3. The normalized spacial score (nSPS) is 15.4. The summed E-state index contributed by atoms with van der Waals surface area (Å²) in [5, 5.41) is 5.99. The lowest BCUT2D eigenvalue weighted by atomic mass is 10.0. The second-order valence-corrected chi connectivity index (χ2v) is 7.16. The molecule has 1 aliphatic heterocycles. The van der Waals surface area contributed by atoms with Crippen LogP contribution in [0, 0.1) is 0 Å². The van der Waals surface area contributed by atoms with Crippen LogP contribution in [0.2, 0.25) is 0 Å². The molecule has 3 rings (SSSR count). The molecule has 6 nitrogen and oxygen atoms in total. The lowest BCUT2D eigenvalue weighted by molar-refractivity contribution is -0.121. The van der Waals surface area contributed by atoms with Gasteiger partial charge < -0.3 is 15.4 Å². The number of carbonyl (C=O) groups excluding carboxylic acids is 2. The molecule has 6 heteroatoms. The van der Waals surface area contributed by atoms with Crippen LogP contribution in [0.25, 0.3) is 0 Å². The first-order chi connectivity index (χ1) is 14.2. The minimum absolute atomic E-state index is 0.0609. The van der Waals surface area contributed by atoms with E-state index in [9.17, 15) is 9.59 Å². The van der Waals surface area contributed by atoms with E-state index in [1.807, 2.05) is 48.5 Å². The van der Waals surface area contributed by atoms with E-state index in [-0.39, 0.29) is 24.3 Å². The smallest absolute Gasteiger partial charge is 0.251 e. The number of morpholine rings is 1. The molecule has 0 aliphatic carbocycles. The molecule has 2 aromatic rings. The average molecular weight is 396 g/mol. The zero-order valence-electron chi connectivity index (χ0n) is 16.7. The molecule has 1 heterocycles. The van der Waals surface area contributed by atoms with Crippen molar-refractivity contribution in [2.45, 2.75) is 18.9 Å². The van der Waals surface area contributed by atoms with Gasteiger partial charge in [-0.2, -0.15) is 0 Å².